The van der Waals surface area contributed by atoms with Gasteiger partial charge in [-0.25, -0.2) is 4.79 Å². The second-order valence-corrected chi connectivity index (χ2v) is 7.48. The third-order valence-electron chi connectivity index (χ3n) is 4.40. The first kappa shape index (κ1) is 22.3. The maximum atomic E-state index is 11.3. The fraction of sp³-hybridized carbons (Fsp3) is 0.500. The third kappa shape index (κ3) is 7.20. The number of hydrogen-bond acceptors (Lipinski definition) is 6. The van der Waals surface area contributed by atoms with Gasteiger partial charge in [0.1, 0.15) is 11.7 Å². The lowest BCUT2D eigenvalue weighted by atomic mass is 9.91. The molecule has 2 N–H and O–H groups in total. The average Bonchev–Trinajstić information content (AvgIpc) is 2.62. The first-order chi connectivity index (χ1) is 13.2. The number of rotatable bonds is 7. The quantitative estimate of drug-likeness (QED) is 0.395. The number of carbonyl (C=O) groups excluding carboxylic acids is 1. The molecule has 28 heavy (non-hydrogen) atoms. The van der Waals surface area contributed by atoms with Gasteiger partial charge >= 0.3 is 5.97 Å². The van der Waals surface area contributed by atoms with E-state index in [4.69, 9.17) is 19.3 Å². The number of ether oxygens (including phenoxy) is 3. The van der Waals surface area contributed by atoms with Gasteiger partial charge in [0.2, 0.25) is 0 Å². The van der Waals surface area contributed by atoms with Gasteiger partial charge in [-0.3, -0.25) is 0 Å². The highest BCUT2D eigenvalue weighted by Gasteiger charge is 2.42. The minimum absolute atomic E-state index is 0.00590. The summed E-state index contributed by atoms with van der Waals surface area (Å²) in [5.41, 5.74) is -1.25. The average molecular weight is 390 g/mol. The summed E-state index contributed by atoms with van der Waals surface area (Å²) in [6, 6.07) is 0. The van der Waals surface area contributed by atoms with Gasteiger partial charge in [0.25, 0.3) is 0 Å². The van der Waals surface area contributed by atoms with Crippen LogP contribution in [0.15, 0.2) is 60.8 Å². The maximum Gasteiger partial charge on any atom is 0.331 e. The number of carbonyl (C=O) groups is 1. The molecule has 0 aromatic heterocycles. The molecule has 0 aliphatic carbocycles. The molecule has 0 unspecified atom stereocenters. The Morgan fingerprint density at radius 2 is 1.93 bits per heavy atom. The molecule has 0 radical (unpaired) electrons. The molecular weight excluding hydrogens is 360 g/mol. The summed E-state index contributed by atoms with van der Waals surface area (Å²) in [7, 11) is 0. The zero-order chi connectivity index (χ0) is 20.6. The highest BCUT2D eigenvalue weighted by Crippen LogP contribution is 2.33. The van der Waals surface area contributed by atoms with E-state index < -0.39 is 17.5 Å². The van der Waals surface area contributed by atoms with E-state index in [2.05, 4.69) is 0 Å². The molecule has 6 nitrogen and oxygen atoms in total. The van der Waals surface area contributed by atoms with Crippen LogP contribution in [0.4, 0.5) is 0 Å². The smallest absolute Gasteiger partial charge is 0.331 e. The second-order valence-electron chi connectivity index (χ2n) is 7.48. The van der Waals surface area contributed by atoms with Crippen LogP contribution in [0, 0.1) is 0 Å². The zero-order valence-electron chi connectivity index (χ0n) is 16.7. The summed E-state index contributed by atoms with van der Waals surface area (Å²) in [4.78, 5) is 11.3. The molecule has 0 aromatic carbocycles. The number of esters is 1. The van der Waals surface area contributed by atoms with Crippen LogP contribution >= 0.6 is 0 Å². The predicted molar refractivity (Wildman–Crippen MR) is 106 cm³/mol. The summed E-state index contributed by atoms with van der Waals surface area (Å²) in [6.07, 6.45) is 17.3. The Bertz CT molecular complexity index is 669. The summed E-state index contributed by atoms with van der Waals surface area (Å²) in [6.45, 7) is 5.31. The second kappa shape index (κ2) is 9.98. The largest absolute Gasteiger partial charge is 0.455 e. The Kier molecular flexibility index (Phi) is 7.95. The van der Waals surface area contributed by atoms with Crippen molar-refractivity contribution in [1.29, 1.82) is 0 Å². The lowest BCUT2D eigenvalue weighted by molar-refractivity contribution is -0.311. The van der Waals surface area contributed by atoms with E-state index in [1.54, 1.807) is 37.3 Å². The van der Waals surface area contributed by atoms with Gasteiger partial charge in [-0.1, -0.05) is 48.6 Å². The molecule has 2 heterocycles. The molecule has 0 amide bonds. The molecule has 0 spiro atoms. The van der Waals surface area contributed by atoms with Gasteiger partial charge in [0, 0.05) is 18.9 Å². The Morgan fingerprint density at radius 1 is 1.18 bits per heavy atom. The lowest BCUT2D eigenvalue weighted by Gasteiger charge is -2.44. The molecule has 0 bridgehead atoms. The molecule has 2 aliphatic rings. The normalized spacial score (nSPS) is 30.5. The van der Waals surface area contributed by atoms with Crippen molar-refractivity contribution in [2.75, 3.05) is 6.61 Å². The van der Waals surface area contributed by atoms with Crippen LogP contribution in [0.3, 0.4) is 0 Å². The molecule has 1 fully saturated rings. The summed E-state index contributed by atoms with van der Waals surface area (Å²) < 4.78 is 17.1. The van der Waals surface area contributed by atoms with Crippen LogP contribution in [0.1, 0.15) is 33.6 Å². The molecule has 6 heteroatoms. The summed E-state index contributed by atoms with van der Waals surface area (Å²) >= 11 is 0. The highest BCUT2D eigenvalue weighted by atomic mass is 16.7. The van der Waals surface area contributed by atoms with Crippen LogP contribution in [0.5, 0.6) is 0 Å². The monoisotopic (exact) mass is 390 g/mol. The van der Waals surface area contributed by atoms with Gasteiger partial charge in [0.15, 0.2) is 5.79 Å². The van der Waals surface area contributed by atoms with E-state index in [1.807, 2.05) is 38.2 Å². The lowest BCUT2D eigenvalue weighted by Crippen LogP contribution is -2.52. The van der Waals surface area contributed by atoms with Crippen LogP contribution in [0.2, 0.25) is 0 Å². The first-order valence-electron chi connectivity index (χ1n) is 9.47. The number of hydrogen-bond donors (Lipinski definition) is 2. The number of cyclic esters (lactones) is 1. The minimum Gasteiger partial charge on any atom is -0.455 e. The number of allylic oxidation sites excluding steroid dienone is 4. The summed E-state index contributed by atoms with van der Waals surface area (Å²) in [5.74, 6) is -1.23. The maximum absolute atomic E-state index is 11.3. The van der Waals surface area contributed by atoms with E-state index in [9.17, 15) is 9.90 Å². The van der Waals surface area contributed by atoms with Crippen LogP contribution < -0.4 is 0 Å². The molecule has 154 valence electrons. The Balaban J connectivity index is 2.02. The van der Waals surface area contributed by atoms with Crippen molar-refractivity contribution in [3.63, 3.8) is 0 Å². The van der Waals surface area contributed by atoms with Crippen LogP contribution in [-0.4, -0.2) is 52.5 Å². The molecule has 0 saturated carbocycles. The Hall–Kier alpha value is -1.99. The van der Waals surface area contributed by atoms with E-state index >= 15 is 0 Å². The molecular formula is C22H30O6. The number of aliphatic hydroxyl groups excluding tert-OH is 1. The van der Waals surface area contributed by atoms with Crippen molar-refractivity contribution in [2.45, 2.75) is 63.3 Å². The van der Waals surface area contributed by atoms with E-state index in [0.29, 0.717) is 12.8 Å². The van der Waals surface area contributed by atoms with Crippen LogP contribution in [0.25, 0.3) is 0 Å². The fourth-order valence-electron chi connectivity index (χ4n) is 3.04. The standard InChI is InChI=1S/C22H30O6/c1-21(2)27-18(10-7-5-4-6-8-15-23)16-19(28-21)22(3,25)14-13-17-11-9-12-20(24)26-17/h4-10,12-14,17-19,23,25H,11,15-16H2,1-3H3/b5-4-,8-6+,10-7-,14-13+/t17-,18+,19-,22-/m1/s1. The van der Waals surface area contributed by atoms with E-state index in [1.165, 1.54) is 6.08 Å². The SMILES string of the molecule is CC1(C)O[C@@H](\C=C/C=C\C=C\CO)C[C@H]([C@](C)(O)/C=C/[C@H]2CC=CC(=O)O2)O1. The highest BCUT2D eigenvalue weighted by molar-refractivity contribution is 5.82. The van der Waals surface area contributed by atoms with Crippen molar-refractivity contribution < 1.29 is 29.2 Å². The topological polar surface area (TPSA) is 85.2 Å². The molecule has 2 aliphatic heterocycles. The summed E-state index contributed by atoms with van der Waals surface area (Å²) in [5, 5.41) is 19.7. The van der Waals surface area contributed by atoms with E-state index in [-0.39, 0.29) is 24.8 Å². The van der Waals surface area contributed by atoms with Gasteiger partial charge in [0.05, 0.1) is 18.8 Å². The minimum atomic E-state index is -1.25. The molecule has 0 aromatic rings. The molecule has 4 atom stereocenters. The van der Waals surface area contributed by atoms with Gasteiger partial charge in [-0.2, -0.15) is 0 Å². The van der Waals surface area contributed by atoms with Crippen molar-refractivity contribution in [1.82, 2.24) is 0 Å². The van der Waals surface area contributed by atoms with Gasteiger partial charge in [-0.15, -0.1) is 0 Å². The molecule has 1 saturated heterocycles. The zero-order valence-corrected chi connectivity index (χ0v) is 16.7. The van der Waals surface area contributed by atoms with E-state index in [0.717, 1.165) is 0 Å². The molecule has 2 rings (SSSR count). The third-order valence-corrected chi connectivity index (χ3v) is 4.40. The fourth-order valence-corrected chi connectivity index (χ4v) is 3.04. The first-order valence-corrected chi connectivity index (χ1v) is 9.47. The van der Waals surface area contributed by atoms with Gasteiger partial charge in [-0.05, 0) is 26.8 Å². The van der Waals surface area contributed by atoms with Crippen molar-refractivity contribution >= 4 is 5.97 Å². The van der Waals surface area contributed by atoms with Gasteiger partial charge < -0.3 is 24.4 Å². The van der Waals surface area contributed by atoms with Crippen LogP contribution in [-0.2, 0) is 19.0 Å². The van der Waals surface area contributed by atoms with Crippen molar-refractivity contribution in [2.24, 2.45) is 0 Å². The van der Waals surface area contributed by atoms with Crippen molar-refractivity contribution in [3.8, 4) is 0 Å². The van der Waals surface area contributed by atoms with Crippen molar-refractivity contribution in [3.05, 3.63) is 60.8 Å². The Labute approximate surface area is 166 Å². The Morgan fingerprint density at radius 3 is 2.64 bits per heavy atom. The number of aliphatic hydroxyl groups is 2. The predicted octanol–water partition coefficient (Wildman–Crippen LogP) is 2.74.